The number of benzene rings is 4. The Bertz CT molecular complexity index is 1890. The Labute approximate surface area is 405 Å². The van der Waals surface area contributed by atoms with E-state index >= 15 is 0 Å². The van der Waals surface area contributed by atoms with Crippen LogP contribution in [0.4, 0.5) is 11.4 Å². The normalized spacial score (nSPS) is 13.5. The number of halogens is 2. The summed E-state index contributed by atoms with van der Waals surface area (Å²) in [5.74, 6) is 4.41. The maximum atomic E-state index is 6.16. The van der Waals surface area contributed by atoms with Crippen molar-refractivity contribution in [3.63, 3.8) is 0 Å². The average molecular weight is 1020 g/mol. The molecular formula is C52H66Cl2N4O6Pd. The summed E-state index contributed by atoms with van der Waals surface area (Å²) in [7, 11) is 9.63. The van der Waals surface area contributed by atoms with E-state index in [2.05, 4.69) is 127 Å². The zero-order valence-electron chi connectivity index (χ0n) is 39.1. The molecule has 4 aromatic rings. The van der Waals surface area contributed by atoms with Gasteiger partial charge in [0.1, 0.15) is 26.4 Å². The molecule has 0 unspecified atom stereocenters. The predicted octanol–water partition coefficient (Wildman–Crippen LogP) is 12.4. The van der Waals surface area contributed by atoms with E-state index in [1.54, 1.807) is 0 Å². The van der Waals surface area contributed by atoms with Gasteiger partial charge in [0, 0.05) is 24.8 Å². The van der Waals surface area contributed by atoms with Gasteiger partial charge < -0.3 is 48.0 Å². The van der Waals surface area contributed by atoms with Gasteiger partial charge in [-0.25, -0.2) is 0 Å². The first-order valence-electron chi connectivity index (χ1n) is 22.5. The molecule has 2 aliphatic heterocycles. The molecule has 0 aromatic heterocycles. The van der Waals surface area contributed by atoms with E-state index in [4.69, 9.17) is 47.5 Å². The molecular weight excluding hydrogens is 954 g/mol. The molecule has 0 fully saturated rings. The third-order valence-corrected chi connectivity index (χ3v) is 10.7. The van der Waals surface area contributed by atoms with Crippen molar-refractivity contribution >= 4 is 30.4 Å². The molecule has 0 spiro atoms. The van der Waals surface area contributed by atoms with Gasteiger partial charge in [0.2, 0.25) is 13.3 Å². The minimum absolute atomic E-state index is 0.106. The fourth-order valence-corrected chi connectivity index (χ4v) is 7.41. The maximum absolute atomic E-state index is 6.16. The summed E-state index contributed by atoms with van der Waals surface area (Å²) in [6, 6.07) is 28.7. The van der Waals surface area contributed by atoms with Crippen molar-refractivity contribution < 1.29 is 44.4 Å². The molecule has 4 radical (unpaired) electrons. The Balaban J connectivity index is 0.00000257. The Morgan fingerprint density at radius 2 is 0.708 bits per heavy atom. The Kier molecular flexibility index (Phi) is 22.0. The van der Waals surface area contributed by atoms with E-state index in [1.807, 2.05) is 70.7 Å². The van der Waals surface area contributed by atoms with Gasteiger partial charge in [0.15, 0.2) is 23.0 Å². The molecule has 2 heterocycles. The summed E-state index contributed by atoms with van der Waals surface area (Å²) < 4.78 is 35.9. The quantitative estimate of drug-likeness (QED) is 0.0474. The van der Waals surface area contributed by atoms with Crippen LogP contribution in [0, 0.1) is 13.3 Å². The van der Waals surface area contributed by atoms with E-state index < -0.39 is 0 Å². The summed E-state index contributed by atoms with van der Waals surface area (Å²) in [6.45, 7) is 29.7. The topological polar surface area (TPSA) is 68.3 Å². The monoisotopic (exact) mass is 1020 g/mol. The number of rotatable bonds is 25. The van der Waals surface area contributed by atoms with Crippen molar-refractivity contribution in [3.8, 4) is 23.0 Å². The SMILES string of the molecule is CC(C)c1cccc(C(C)C)c1N1[C]N(CCOc2ccccc2OCCOCCOCCOc2ccccc2OCCN2[C]N(c3c(C(C)C)cccc3C(C)C)C=C2)C=C1.[Cl][Pd][Cl]. The number of nitrogens with zero attached hydrogens (tertiary/aromatic N) is 4. The van der Waals surface area contributed by atoms with E-state index in [9.17, 15) is 0 Å². The fourth-order valence-electron chi connectivity index (χ4n) is 7.41. The third-order valence-electron chi connectivity index (χ3n) is 10.7. The van der Waals surface area contributed by atoms with E-state index in [-0.39, 0.29) is 15.9 Å². The second-order valence-electron chi connectivity index (χ2n) is 16.7. The molecule has 0 saturated carbocycles. The van der Waals surface area contributed by atoms with Crippen LogP contribution in [-0.2, 0) is 25.4 Å². The number of para-hydroxylation sites is 6. The van der Waals surface area contributed by atoms with Gasteiger partial charge in [-0.1, -0.05) is 116 Å². The summed E-state index contributed by atoms with van der Waals surface area (Å²) in [6.07, 6.45) is 8.25. The van der Waals surface area contributed by atoms with Crippen molar-refractivity contribution in [2.24, 2.45) is 0 Å². The van der Waals surface area contributed by atoms with E-state index in [0.717, 1.165) is 0 Å². The molecule has 0 atom stereocenters. The number of hydrogen-bond donors (Lipinski definition) is 0. The summed E-state index contributed by atoms with van der Waals surface area (Å²) in [5.41, 5.74) is 7.72. The van der Waals surface area contributed by atoms with Gasteiger partial charge in [-0.05, 0) is 70.2 Å². The summed E-state index contributed by atoms with van der Waals surface area (Å²) in [5, 5.41) is 0. The van der Waals surface area contributed by atoms with E-state index in [1.165, 1.54) is 33.6 Å². The Morgan fingerprint density at radius 3 is 1.02 bits per heavy atom. The molecule has 0 aliphatic carbocycles. The second kappa shape index (κ2) is 27.5. The van der Waals surface area contributed by atoms with Crippen LogP contribution >= 0.6 is 19.1 Å². The van der Waals surface area contributed by atoms with Crippen LogP contribution in [0.15, 0.2) is 110 Å². The Morgan fingerprint density at radius 1 is 0.415 bits per heavy atom. The van der Waals surface area contributed by atoms with Crippen molar-refractivity contribution in [1.82, 2.24) is 9.80 Å². The van der Waals surface area contributed by atoms with Gasteiger partial charge in [0.05, 0.1) is 50.9 Å². The van der Waals surface area contributed by atoms with Gasteiger partial charge in [-0.15, -0.1) is 0 Å². The second-order valence-corrected chi connectivity index (χ2v) is 19.0. The fraction of sp³-hybridized carbons (Fsp3) is 0.423. The summed E-state index contributed by atoms with van der Waals surface area (Å²) >= 11 is -0.106. The zero-order valence-corrected chi connectivity index (χ0v) is 42.1. The van der Waals surface area contributed by atoms with Crippen LogP contribution in [-0.4, -0.2) is 75.7 Å². The number of ether oxygens (including phenoxy) is 6. The van der Waals surface area contributed by atoms with Crippen LogP contribution < -0.4 is 28.7 Å². The molecule has 13 heteroatoms. The molecule has 65 heavy (non-hydrogen) atoms. The van der Waals surface area contributed by atoms with Gasteiger partial charge in [-0.2, -0.15) is 0 Å². The van der Waals surface area contributed by atoms with Gasteiger partial charge in [0.25, 0.3) is 0 Å². The Hall–Kier alpha value is -4.08. The first kappa shape index (κ1) is 51.9. The number of hydrogen-bond acceptors (Lipinski definition) is 10. The predicted molar refractivity (Wildman–Crippen MR) is 261 cm³/mol. The molecule has 2 aliphatic rings. The molecule has 0 saturated heterocycles. The van der Waals surface area contributed by atoms with Crippen LogP contribution in [0.5, 0.6) is 23.0 Å². The van der Waals surface area contributed by atoms with Gasteiger partial charge >= 0.3 is 35.0 Å². The van der Waals surface area contributed by atoms with Crippen molar-refractivity contribution in [1.29, 1.82) is 0 Å². The van der Waals surface area contributed by atoms with E-state index in [0.29, 0.717) is 113 Å². The van der Waals surface area contributed by atoms with Crippen LogP contribution in [0.3, 0.4) is 0 Å². The molecule has 10 nitrogen and oxygen atoms in total. The first-order chi connectivity index (χ1) is 31.5. The standard InChI is InChI=1S/C52H66N4O6.2ClH.Pd/c1-39(2)43-15-13-16-44(40(3)4)51(43)55-25-23-53(37-55)27-29-59-47-19-9-11-21-49(47)61-35-33-57-31-32-58-34-36-62-50-22-12-10-20-48(50)60-30-28-54-24-26-56(38-54)52-45(41(5)6)17-14-18-46(52)42(7)8;;;/h9-26,39-42H,27-36H2,1-8H3;2*1H;/q;;;+2/p-2. The minimum atomic E-state index is -0.106. The first-order valence-corrected chi connectivity index (χ1v) is 26.5. The molecule has 0 bridgehead atoms. The molecule has 0 N–H and O–H groups in total. The molecule has 354 valence electrons. The van der Waals surface area contributed by atoms with Crippen LogP contribution in [0.1, 0.15) is 101 Å². The van der Waals surface area contributed by atoms with Crippen LogP contribution in [0.2, 0.25) is 0 Å². The summed E-state index contributed by atoms with van der Waals surface area (Å²) in [4.78, 5) is 8.31. The van der Waals surface area contributed by atoms with Crippen molar-refractivity contribution in [2.45, 2.75) is 79.1 Å². The molecule has 0 amide bonds. The van der Waals surface area contributed by atoms with Crippen molar-refractivity contribution in [3.05, 3.63) is 145 Å². The third kappa shape index (κ3) is 15.8. The zero-order chi connectivity index (χ0) is 46.6. The average Bonchev–Trinajstić information content (AvgIpc) is 3.98. The van der Waals surface area contributed by atoms with Crippen LogP contribution in [0.25, 0.3) is 0 Å². The molecule has 6 rings (SSSR count). The van der Waals surface area contributed by atoms with Crippen molar-refractivity contribution in [2.75, 3.05) is 75.7 Å². The molecule has 4 aromatic carbocycles. The van der Waals surface area contributed by atoms with Gasteiger partial charge in [-0.3, -0.25) is 0 Å². The number of anilines is 2.